The first-order valence-corrected chi connectivity index (χ1v) is 5.23. The van der Waals surface area contributed by atoms with Gasteiger partial charge in [0.05, 0.1) is 5.52 Å². The van der Waals surface area contributed by atoms with Crippen molar-refractivity contribution in [2.24, 2.45) is 0 Å². The van der Waals surface area contributed by atoms with Gasteiger partial charge in [-0.2, -0.15) is 0 Å². The van der Waals surface area contributed by atoms with Crippen molar-refractivity contribution in [2.45, 2.75) is 13.0 Å². The Bertz CT molecular complexity index is 527. The zero-order valence-corrected chi connectivity index (χ0v) is 9.44. The van der Waals surface area contributed by atoms with Crippen LogP contribution in [0.4, 0.5) is 0 Å². The number of carbonyl (C=O) groups excluding carboxylic acids is 1. The third kappa shape index (κ3) is 1.99. The number of hydrogen-bond acceptors (Lipinski definition) is 3. The molecule has 1 heterocycles. The summed E-state index contributed by atoms with van der Waals surface area (Å²) in [7, 11) is 0. The Labute approximate surface area is 98.0 Å². The molecule has 0 aliphatic heterocycles. The van der Waals surface area contributed by atoms with Crippen LogP contribution in [0.5, 0.6) is 0 Å². The van der Waals surface area contributed by atoms with Crippen molar-refractivity contribution in [2.75, 3.05) is 0 Å². The summed E-state index contributed by atoms with van der Waals surface area (Å²) in [5, 5.41) is 1.59. The SMILES string of the molecule is CC(OC=O)c1ccnc2cc(Cl)ccc12. The largest absolute Gasteiger partial charge is 0.460 e. The molecule has 16 heavy (non-hydrogen) atoms. The summed E-state index contributed by atoms with van der Waals surface area (Å²) in [5.74, 6) is 0. The molecule has 0 bridgehead atoms. The fourth-order valence-electron chi connectivity index (χ4n) is 1.65. The van der Waals surface area contributed by atoms with Gasteiger partial charge in [-0.1, -0.05) is 17.7 Å². The minimum atomic E-state index is -0.288. The van der Waals surface area contributed by atoms with Gasteiger partial charge in [0.2, 0.25) is 0 Å². The predicted molar refractivity (Wildman–Crippen MR) is 62.3 cm³/mol. The molecule has 3 nitrogen and oxygen atoms in total. The van der Waals surface area contributed by atoms with E-state index in [1.165, 1.54) is 0 Å². The van der Waals surface area contributed by atoms with Crippen molar-refractivity contribution < 1.29 is 9.53 Å². The van der Waals surface area contributed by atoms with Gasteiger partial charge in [-0.15, -0.1) is 0 Å². The molecule has 2 aromatic rings. The second-order valence-electron chi connectivity index (χ2n) is 3.44. The highest BCUT2D eigenvalue weighted by Gasteiger charge is 2.10. The molecule has 0 N–H and O–H groups in total. The van der Waals surface area contributed by atoms with E-state index in [0.29, 0.717) is 11.5 Å². The van der Waals surface area contributed by atoms with E-state index in [1.54, 1.807) is 18.3 Å². The van der Waals surface area contributed by atoms with Crippen molar-refractivity contribution in [3.05, 3.63) is 41.0 Å². The van der Waals surface area contributed by atoms with Crippen LogP contribution in [0.1, 0.15) is 18.6 Å². The van der Waals surface area contributed by atoms with Crippen molar-refractivity contribution in [1.29, 1.82) is 0 Å². The van der Waals surface area contributed by atoms with Crippen molar-refractivity contribution >= 4 is 29.0 Å². The van der Waals surface area contributed by atoms with Crippen LogP contribution in [-0.2, 0) is 9.53 Å². The quantitative estimate of drug-likeness (QED) is 0.768. The highest BCUT2D eigenvalue weighted by molar-refractivity contribution is 6.31. The van der Waals surface area contributed by atoms with E-state index in [2.05, 4.69) is 4.98 Å². The van der Waals surface area contributed by atoms with Crippen LogP contribution in [-0.4, -0.2) is 11.5 Å². The molecule has 0 aliphatic rings. The van der Waals surface area contributed by atoms with Crippen LogP contribution in [0.25, 0.3) is 10.9 Å². The third-order valence-corrected chi connectivity index (χ3v) is 2.67. The number of fused-ring (bicyclic) bond motifs is 1. The van der Waals surface area contributed by atoms with Gasteiger partial charge in [-0.25, -0.2) is 0 Å². The average Bonchev–Trinajstić information content (AvgIpc) is 2.28. The summed E-state index contributed by atoms with van der Waals surface area (Å²) in [6.45, 7) is 2.27. The first kappa shape index (κ1) is 10.9. The minimum Gasteiger partial charge on any atom is -0.460 e. The highest BCUT2D eigenvalue weighted by atomic mass is 35.5. The number of nitrogens with zero attached hydrogens (tertiary/aromatic N) is 1. The maximum absolute atomic E-state index is 10.3. The molecule has 1 aromatic heterocycles. The van der Waals surface area contributed by atoms with Crippen molar-refractivity contribution in [3.8, 4) is 0 Å². The van der Waals surface area contributed by atoms with Crippen LogP contribution >= 0.6 is 11.6 Å². The molecule has 1 aromatic carbocycles. The van der Waals surface area contributed by atoms with Crippen LogP contribution in [0.15, 0.2) is 30.5 Å². The summed E-state index contributed by atoms with van der Waals surface area (Å²) in [6, 6.07) is 7.30. The molecule has 0 aliphatic carbocycles. The Morgan fingerprint density at radius 3 is 3.00 bits per heavy atom. The predicted octanol–water partition coefficient (Wildman–Crippen LogP) is 3.12. The number of rotatable bonds is 3. The van der Waals surface area contributed by atoms with Crippen LogP contribution in [0, 0.1) is 0 Å². The zero-order valence-electron chi connectivity index (χ0n) is 8.68. The van der Waals surface area contributed by atoms with Gasteiger partial charge in [-0.05, 0) is 25.1 Å². The molecular formula is C12H10ClNO2. The van der Waals surface area contributed by atoms with Gasteiger partial charge in [0.25, 0.3) is 6.47 Å². The molecule has 1 unspecified atom stereocenters. The summed E-state index contributed by atoms with van der Waals surface area (Å²) >= 11 is 5.88. The van der Waals surface area contributed by atoms with Crippen molar-refractivity contribution in [3.63, 3.8) is 0 Å². The van der Waals surface area contributed by atoms with Crippen molar-refractivity contribution in [1.82, 2.24) is 4.98 Å². The van der Waals surface area contributed by atoms with E-state index in [0.717, 1.165) is 16.5 Å². The third-order valence-electron chi connectivity index (χ3n) is 2.44. The minimum absolute atomic E-state index is 0.288. The Morgan fingerprint density at radius 2 is 2.25 bits per heavy atom. The van der Waals surface area contributed by atoms with Gasteiger partial charge in [-0.3, -0.25) is 9.78 Å². The highest BCUT2D eigenvalue weighted by Crippen LogP contribution is 2.26. The topological polar surface area (TPSA) is 39.2 Å². The molecule has 0 fully saturated rings. The lowest BCUT2D eigenvalue weighted by Crippen LogP contribution is -1.99. The molecule has 0 amide bonds. The van der Waals surface area contributed by atoms with Gasteiger partial charge < -0.3 is 4.74 Å². The maximum Gasteiger partial charge on any atom is 0.293 e. The van der Waals surface area contributed by atoms with Gasteiger partial charge >= 0.3 is 0 Å². The fraction of sp³-hybridized carbons (Fsp3) is 0.167. The molecular weight excluding hydrogens is 226 g/mol. The van der Waals surface area contributed by atoms with Gasteiger partial charge in [0, 0.05) is 22.2 Å². The van der Waals surface area contributed by atoms with Crippen LogP contribution < -0.4 is 0 Å². The zero-order chi connectivity index (χ0) is 11.5. The van der Waals surface area contributed by atoms with E-state index >= 15 is 0 Å². The lowest BCUT2D eigenvalue weighted by molar-refractivity contribution is -0.133. The molecule has 0 saturated carbocycles. The van der Waals surface area contributed by atoms with E-state index in [4.69, 9.17) is 16.3 Å². The molecule has 0 spiro atoms. The average molecular weight is 236 g/mol. The first-order chi connectivity index (χ1) is 7.72. The summed E-state index contributed by atoms with van der Waals surface area (Å²) in [5.41, 5.74) is 1.72. The second kappa shape index (κ2) is 4.49. The number of ether oxygens (including phenoxy) is 1. The molecule has 0 saturated heterocycles. The lowest BCUT2D eigenvalue weighted by Gasteiger charge is -2.12. The Hall–Kier alpha value is -1.61. The molecule has 2 rings (SSSR count). The normalized spacial score (nSPS) is 12.4. The standard InChI is InChI=1S/C12H10ClNO2/c1-8(16-7-15)10-4-5-14-12-6-9(13)2-3-11(10)12/h2-8H,1H3. The second-order valence-corrected chi connectivity index (χ2v) is 3.87. The van der Waals surface area contributed by atoms with E-state index in [9.17, 15) is 4.79 Å². The fourth-order valence-corrected chi connectivity index (χ4v) is 1.82. The summed E-state index contributed by atoms with van der Waals surface area (Å²) in [4.78, 5) is 14.5. The Kier molecular flexibility index (Phi) is 3.06. The number of benzene rings is 1. The van der Waals surface area contributed by atoms with Crippen LogP contribution in [0.2, 0.25) is 5.02 Å². The number of pyridine rings is 1. The van der Waals surface area contributed by atoms with E-state index < -0.39 is 0 Å². The molecule has 4 heteroatoms. The Balaban J connectivity index is 2.57. The number of aromatic nitrogens is 1. The monoisotopic (exact) mass is 235 g/mol. The molecule has 1 atom stereocenters. The first-order valence-electron chi connectivity index (χ1n) is 4.85. The van der Waals surface area contributed by atoms with Crippen LogP contribution in [0.3, 0.4) is 0 Å². The van der Waals surface area contributed by atoms with E-state index in [-0.39, 0.29) is 6.10 Å². The molecule has 82 valence electrons. The Morgan fingerprint density at radius 1 is 1.44 bits per heavy atom. The van der Waals surface area contributed by atoms with E-state index in [1.807, 2.05) is 19.1 Å². The summed E-state index contributed by atoms with van der Waals surface area (Å²) in [6.07, 6.45) is 1.39. The summed E-state index contributed by atoms with van der Waals surface area (Å²) < 4.78 is 4.92. The number of halogens is 1. The number of carbonyl (C=O) groups is 1. The number of hydrogen-bond donors (Lipinski definition) is 0. The van der Waals surface area contributed by atoms with Gasteiger partial charge in [0.15, 0.2) is 0 Å². The smallest absolute Gasteiger partial charge is 0.293 e. The molecule has 0 radical (unpaired) electrons. The maximum atomic E-state index is 10.3. The lowest BCUT2D eigenvalue weighted by atomic mass is 10.1. The van der Waals surface area contributed by atoms with Gasteiger partial charge in [0.1, 0.15) is 6.10 Å².